The van der Waals surface area contributed by atoms with Crippen LogP contribution in [-0.4, -0.2) is 31.3 Å². The number of hydrogen-bond acceptors (Lipinski definition) is 3. The number of nitrogens with one attached hydrogen (secondary N) is 1. The summed E-state index contributed by atoms with van der Waals surface area (Å²) in [5.41, 5.74) is 6.24. The van der Waals surface area contributed by atoms with Crippen molar-refractivity contribution in [3.05, 3.63) is 0 Å². The molecule has 0 saturated carbocycles. The van der Waals surface area contributed by atoms with Crippen LogP contribution in [0.5, 0.6) is 0 Å². The predicted molar refractivity (Wildman–Crippen MR) is 54.7 cm³/mol. The van der Waals surface area contributed by atoms with E-state index >= 15 is 0 Å². The Morgan fingerprint density at radius 2 is 2.15 bits per heavy atom. The van der Waals surface area contributed by atoms with Crippen LogP contribution in [0.3, 0.4) is 0 Å². The molecule has 1 aliphatic heterocycles. The first-order chi connectivity index (χ1) is 5.83. The second kappa shape index (κ2) is 3.56. The Hall–Kier alpha value is -0.120. The molecule has 3 heteroatoms. The van der Waals surface area contributed by atoms with E-state index in [1.165, 1.54) is 0 Å². The highest BCUT2D eigenvalue weighted by Gasteiger charge is 2.37. The van der Waals surface area contributed by atoms with Gasteiger partial charge in [-0.05, 0) is 20.8 Å². The van der Waals surface area contributed by atoms with E-state index in [2.05, 4.69) is 33.0 Å². The van der Waals surface area contributed by atoms with Crippen molar-refractivity contribution >= 4 is 0 Å². The second-order valence-electron chi connectivity index (χ2n) is 5.38. The number of ether oxygens (including phenoxy) is 1. The highest BCUT2D eigenvalue weighted by atomic mass is 16.5. The highest BCUT2D eigenvalue weighted by Crippen LogP contribution is 2.26. The molecule has 2 atom stereocenters. The van der Waals surface area contributed by atoms with Crippen LogP contribution >= 0.6 is 0 Å². The average Bonchev–Trinajstić information content (AvgIpc) is 2.29. The molecule has 1 rings (SSSR count). The maximum absolute atomic E-state index is 5.98. The smallest absolute Gasteiger partial charge is 0.0624 e. The lowest BCUT2D eigenvalue weighted by atomic mass is 9.85. The van der Waals surface area contributed by atoms with Gasteiger partial charge in [0.2, 0.25) is 0 Å². The van der Waals surface area contributed by atoms with E-state index in [-0.39, 0.29) is 17.0 Å². The fourth-order valence-electron chi connectivity index (χ4n) is 1.38. The molecule has 0 spiro atoms. The maximum atomic E-state index is 5.98. The summed E-state index contributed by atoms with van der Waals surface area (Å²) in [6, 6.07) is 0.169. The number of rotatable bonds is 2. The van der Waals surface area contributed by atoms with Crippen molar-refractivity contribution in [2.45, 2.75) is 39.3 Å². The molecular weight excluding hydrogens is 164 g/mol. The molecule has 3 N–H and O–H groups in total. The zero-order valence-corrected chi connectivity index (χ0v) is 9.18. The van der Waals surface area contributed by atoms with Gasteiger partial charge in [-0.1, -0.05) is 6.92 Å². The van der Waals surface area contributed by atoms with Crippen LogP contribution in [0.15, 0.2) is 0 Å². The van der Waals surface area contributed by atoms with Crippen molar-refractivity contribution in [1.29, 1.82) is 0 Å². The monoisotopic (exact) mass is 186 g/mol. The minimum absolute atomic E-state index is 0.104. The topological polar surface area (TPSA) is 47.3 Å². The molecule has 2 unspecified atom stereocenters. The van der Waals surface area contributed by atoms with E-state index in [0.717, 1.165) is 13.2 Å². The van der Waals surface area contributed by atoms with Gasteiger partial charge in [-0.15, -0.1) is 0 Å². The zero-order chi connectivity index (χ0) is 10.1. The Balaban J connectivity index is 2.43. The standard InChI is InChI=1S/C10H22N2O/c1-9(2,3)12-6-10(4)7-13-5-8(10)11/h8,12H,5-7,11H2,1-4H3. The molecule has 3 nitrogen and oxygen atoms in total. The van der Waals surface area contributed by atoms with E-state index in [4.69, 9.17) is 10.5 Å². The van der Waals surface area contributed by atoms with E-state index in [0.29, 0.717) is 6.61 Å². The van der Waals surface area contributed by atoms with Crippen LogP contribution in [0.2, 0.25) is 0 Å². The lowest BCUT2D eigenvalue weighted by Crippen LogP contribution is -2.49. The average molecular weight is 186 g/mol. The molecule has 1 heterocycles. The van der Waals surface area contributed by atoms with Gasteiger partial charge in [0.15, 0.2) is 0 Å². The van der Waals surface area contributed by atoms with Crippen molar-refractivity contribution < 1.29 is 4.74 Å². The van der Waals surface area contributed by atoms with E-state index in [1.54, 1.807) is 0 Å². The van der Waals surface area contributed by atoms with Crippen molar-refractivity contribution in [2.75, 3.05) is 19.8 Å². The minimum Gasteiger partial charge on any atom is -0.379 e. The molecule has 0 radical (unpaired) electrons. The Kier molecular flexibility index (Phi) is 3.00. The van der Waals surface area contributed by atoms with Gasteiger partial charge in [0.1, 0.15) is 0 Å². The van der Waals surface area contributed by atoms with Gasteiger partial charge in [-0.25, -0.2) is 0 Å². The van der Waals surface area contributed by atoms with E-state index < -0.39 is 0 Å². The fourth-order valence-corrected chi connectivity index (χ4v) is 1.38. The molecule has 0 aromatic rings. The summed E-state index contributed by atoms with van der Waals surface area (Å²) >= 11 is 0. The summed E-state index contributed by atoms with van der Waals surface area (Å²) in [4.78, 5) is 0. The van der Waals surface area contributed by atoms with Gasteiger partial charge in [0, 0.05) is 23.5 Å². The first-order valence-corrected chi connectivity index (χ1v) is 4.92. The van der Waals surface area contributed by atoms with Crippen LogP contribution in [0.4, 0.5) is 0 Å². The van der Waals surface area contributed by atoms with Gasteiger partial charge in [0.25, 0.3) is 0 Å². The Bertz CT molecular complexity index is 176. The van der Waals surface area contributed by atoms with Gasteiger partial charge in [-0.2, -0.15) is 0 Å². The lowest BCUT2D eigenvalue weighted by Gasteiger charge is -2.31. The molecule has 0 amide bonds. The minimum atomic E-state index is 0.104. The SMILES string of the molecule is CC(C)(C)NCC1(C)COCC1N. The quantitative estimate of drug-likeness (QED) is 0.668. The van der Waals surface area contributed by atoms with Crippen molar-refractivity contribution in [3.8, 4) is 0 Å². The fraction of sp³-hybridized carbons (Fsp3) is 1.00. The predicted octanol–water partition coefficient (Wildman–Crippen LogP) is 0.738. The molecule has 1 saturated heterocycles. The molecule has 1 aliphatic rings. The second-order valence-corrected chi connectivity index (χ2v) is 5.38. The molecule has 78 valence electrons. The summed E-state index contributed by atoms with van der Waals surface area (Å²) in [5.74, 6) is 0. The summed E-state index contributed by atoms with van der Waals surface area (Å²) < 4.78 is 5.37. The van der Waals surface area contributed by atoms with Crippen molar-refractivity contribution in [3.63, 3.8) is 0 Å². The van der Waals surface area contributed by atoms with Gasteiger partial charge >= 0.3 is 0 Å². The number of hydrogen-bond donors (Lipinski definition) is 2. The van der Waals surface area contributed by atoms with Crippen molar-refractivity contribution in [2.24, 2.45) is 11.1 Å². The molecular formula is C10H22N2O. The van der Waals surface area contributed by atoms with Crippen LogP contribution in [-0.2, 0) is 4.74 Å². The largest absolute Gasteiger partial charge is 0.379 e. The normalized spacial score (nSPS) is 35.3. The first-order valence-electron chi connectivity index (χ1n) is 4.92. The molecule has 0 bridgehead atoms. The molecule has 0 aromatic heterocycles. The van der Waals surface area contributed by atoms with Crippen LogP contribution in [0.1, 0.15) is 27.7 Å². The third-order valence-electron chi connectivity index (χ3n) is 2.65. The Labute approximate surface area is 81.0 Å². The third kappa shape index (κ3) is 2.93. The highest BCUT2D eigenvalue weighted by molar-refractivity contribution is 4.93. The van der Waals surface area contributed by atoms with E-state index in [9.17, 15) is 0 Å². The van der Waals surface area contributed by atoms with Crippen LogP contribution in [0.25, 0.3) is 0 Å². The number of nitrogens with two attached hydrogens (primary N) is 1. The Morgan fingerprint density at radius 1 is 1.54 bits per heavy atom. The maximum Gasteiger partial charge on any atom is 0.0624 e. The first kappa shape index (κ1) is 11.0. The summed E-state index contributed by atoms with van der Waals surface area (Å²) in [7, 11) is 0. The Morgan fingerprint density at radius 3 is 2.54 bits per heavy atom. The zero-order valence-electron chi connectivity index (χ0n) is 9.18. The van der Waals surface area contributed by atoms with Gasteiger partial charge in [0.05, 0.1) is 13.2 Å². The van der Waals surface area contributed by atoms with Crippen LogP contribution < -0.4 is 11.1 Å². The third-order valence-corrected chi connectivity index (χ3v) is 2.65. The van der Waals surface area contributed by atoms with E-state index in [1.807, 2.05) is 0 Å². The summed E-state index contributed by atoms with van der Waals surface area (Å²) in [6.45, 7) is 11.1. The van der Waals surface area contributed by atoms with Gasteiger partial charge < -0.3 is 15.8 Å². The lowest BCUT2D eigenvalue weighted by molar-refractivity contribution is 0.153. The van der Waals surface area contributed by atoms with Crippen LogP contribution in [0, 0.1) is 5.41 Å². The summed E-state index contributed by atoms with van der Waals surface area (Å²) in [6.07, 6.45) is 0. The molecule has 0 aliphatic carbocycles. The summed E-state index contributed by atoms with van der Waals surface area (Å²) in [5, 5.41) is 3.47. The molecule has 13 heavy (non-hydrogen) atoms. The molecule has 0 aromatic carbocycles. The van der Waals surface area contributed by atoms with Crippen molar-refractivity contribution in [1.82, 2.24) is 5.32 Å². The molecule has 1 fully saturated rings. The van der Waals surface area contributed by atoms with Gasteiger partial charge in [-0.3, -0.25) is 0 Å².